The summed E-state index contributed by atoms with van der Waals surface area (Å²) in [5.74, 6) is -2.10. The van der Waals surface area contributed by atoms with Gasteiger partial charge in [-0.2, -0.15) is 13.2 Å². The zero-order valence-corrected chi connectivity index (χ0v) is 19.3. The van der Waals surface area contributed by atoms with Crippen LogP contribution < -0.4 is 10.1 Å². The van der Waals surface area contributed by atoms with Crippen molar-refractivity contribution in [1.82, 2.24) is 10.3 Å². The van der Waals surface area contributed by atoms with Gasteiger partial charge in [0.1, 0.15) is 34.9 Å². The van der Waals surface area contributed by atoms with Gasteiger partial charge in [0, 0.05) is 11.1 Å². The van der Waals surface area contributed by atoms with Crippen molar-refractivity contribution >= 4 is 12.1 Å². The summed E-state index contributed by atoms with van der Waals surface area (Å²) in [4.78, 5) is 27.9. The lowest BCUT2D eigenvalue weighted by Gasteiger charge is -2.31. The molecule has 1 aromatic carbocycles. The standard InChI is InChI=1S/C23H24F4N2O6/c1-20(2,3)35-19(32)28-10-22(33,23(25,26)27)15-9-14-17(34-11-21(14,4)18(30)31)16(29-15)12-5-7-13(24)8-6-12/h5-9,33H,10-11H2,1-4H3,(H,28,32)(H,30,31)/t21-,22-/m0/s1. The molecule has 190 valence electrons. The predicted molar refractivity (Wildman–Crippen MR) is 114 cm³/mol. The van der Waals surface area contributed by atoms with Gasteiger partial charge >= 0.3 is 18.2 Å². The Kier molecular flexibility index (Phi) is 6.49. The molecule has 1 aliphatic heterocycles. The molecule has 1 amide bonds. The number of pyridine rings is 1. The lowest BCUT2D eigenvalue weighted by molar-refractivity contribution is -0.265. The Bertz CT molecular complexity index is 1150. The third-order valence-electron chi connectivity index (χ3n) is 5.44. The number of carbonyl (C=O) groups excluding carboxylic acids is 1. The van der Waals surface area contributed by atoms with E-state index in [0.29, 0.717) is 0 Å². The second-order valence-corrected chi connectivity index (χ2v) is 9.38. The maximum absolute atomic E-state index is 14.2. The molecular weight excluding hydrogens is 476 g/mol. The number of carboxylic acids is 1. The van der Waals surface area contributed by atoms with E-state index < -0.39 is 59.5 Å². The van der Waals surface area contributed by atoms with Gasteiger partial charge in [0.2, 0.25) is 5.60 Å². The number of carbonyl (C=O) groups is 2. The van der Waals surface area contributed by atoms with Gasteiger partial charge < -0.3 is 25.0 Å². The van der Waals surface area contributed by atoms with Gasteiger partial charge in [-0.05, 0) is 58.0 Å². The highest BCUT2D eigenvalue weighted by atomic mass is 19.4. The van der Waals surface area contributed by atoms with E-state index in [2.05, 4.69) is 4.98 Å². The van der Waals surface area contributed by atoms with Gasteiger partial charge in [-0.25, -0.2) is 14.2 Å². The van der Waals surface area contributed by atoms with E-state index >= 15 is 0 Å². The first-order valence-corrected chi connectivity index (χ1v) is 10.4. The number of rotatable bonds is 5. The first-order chi connectivity index (χ1) is 16.0. The highest BCUT2D eigenvalue weighted by Crippen LogP contribution is 2.47. The number of aliphatic carboxylic acids is 1. The molecule has 2 atom stereocenters. The number of ether oxygens (including phenoxy) is 2. The molecule has 3 N–H and O–H groups in total. The lowest BCUT2D eigenvalue weighted by Crippen LogP contribution is -2.52. The Morgan fingerprint density at radius 2 is 1.80 bits per heavy atom. The van der Waals surface area contributed by atoms with Gasteiger partial charge in [-0.1, -0.05) is 0 Å². The fraction of sp³-hybridized carbons (Fsp3) is 0.435. The number of fused-ring (bicyclic) bond motifs is 1. The summed E-state index contributed by atoms with van der Waals surface area (Å²) >= 11 is 0. The number of benzene rings is 1. The van der Waals surface area contributed by atoms with Gasteiger partial charge in [-0.15, -0.1) is 0 Å². The largest absolute Gasteiger partial charge is 0.489 e. The molecule has 1 aliphatic rings. The minimum absolute atomic E-state index is 0.102. The fourth-order valence-electron chi connectivity index (χ4n) is 3.43. The molecule has 3 rings (SSSR count). The topological polar surface area (TPSA) is 118 Å². The van der Waals surface area contributed by atoms with Crippen molar-refractivity contribution in [3.05, 3.63) is 47.4 Å². The molecule has 2 aromatic rings. The summed E-state index contributed by atoms with van der Waals surface area (Å²) in [6.07, 6.45) is -6.55. The molecule has 0 fully saturated rings. The van der Waals surface area contributed by atoms with E-state index in [1.807, 2.05) is 5.32 Å². The van der Waals surface area contributed by atoms with Crippen LogP contribution in [-0.4, -0.2) is 52.2 Å². The van der Waals surface area contributed by atoms with Crippen LogP contribution in [0.15, 0.2) is 30.3 Å². The van der Waals surface area contributed by atoms with Crippen LogP contribution in [0.4, 0.5) is 22.4 Å². The van der Waals surface area contributed by atoms with E-state index in [-0.39, 0.29) is 22.6 Å². The molecule has 8 nitrogen and oxygen atoms in total. The number of nitrogens with zero attached hydrogens (tertiary/aromatic N) is 1. The predicted octanol–water partition coefficient (Wildman–Crippen LogP) is 3.90. The summed E-state index contributed by atoms with van der Waals surface area (Å²) in [6.45, 7) is 4.00. The number of halogens is 4. The minimum Gasteiger partial charge on any atom is -0.489 e. The van der Waals surface area contributed by atoms with Crippen molar-refractivity contribution in [2.75, 3.05) is 13.2 Å². The zero-order valence-electron chi connectivity index (χ0n) is 19.3. The maximum atomic E-state index is 14.2. The average Bonchev–Trinajstić information content (AvgIpc) is 3.08. The van der Waals surface area contributed by atoms with E-state index in [4.69, 9.17) is 9.47 Å². The smallest absolute Gasteiger partial charge is 0.424 e. The molecule has 0 bridgehead atoms. The quantitative estimate of drug-likeness (QED) is 0.533. The summed E-state index contributed by atoms with van der Waals surface area (Å²) in [7, 11) is 0. The Morgan fingerprint density at radius 1 is 1.20 bits per heavy atom. The first-order valence-electron chi connectivity index (χ1n) is 10.4. The van der Waals surface area contributed by atoms with E-state index in [1.165, 1.54) is 39.8 Å². The highest BCUT2D eigenvalue weighted by molar-refractivity contribution is 5.86. The van der Waals surface area contributed by atoms with E-state index in [9.17, 15) is 37.4 Å². The molecular formula is C23H24F4N2O6. The third-order valence-corrected chi connectivity index (χ3v) is 5.44. The molecule has 35 heavy (non-hydrogen) atoms. The van der Waals surface area contributed by atoms with Crippen molar-refractivity contribution < 1.29 is 46.8 Å². The Labute approximate surface area is 197 Å². The number of hydrogen-bond donors (Lipinski definition) is 3. The van der Waals surface area contributed by atoms with E-state index in [0.717, 1.165) is 18.2 Å². The molecule has 0 unspecified atom stereocenters. The zero-order chi connectivity index (χ0) is 26.4. The Hall–Kier alpha value is -3.41. The Morgan fingerprint density at radius 3 is 2.31 bits per heavy atom. The summed E-state index contributed by atoms with van der Waals surface area (Å²) in [5.41, 5.74) is -7.72. The Balaban J connectivity index is 2.18. The molecule has 1 aromatic heterocycles. The SMILES string of the molecule is CC(C)(C)OC(=O)NC[C@](O)(c1cc2c(c(-c3ccc(F)cc3)n1)OC[C@]2(C)C(=O)O)C(F)(F)F. The number of hydrogen-bond acceptors (Lipinski definition) is 6. The van der Waals surface area contributed by atoms with Crippen LogP contribution in [0.2, 0.25) is 0 Å². The number of nitrogens with one attached hydrogen (secondary N) is 1. The van der Waals surface area contributed by atoms with Gasteiger partial charge in [-0.3, -0.25) is 4.79 Å². The van der Waals surface area contributed by atoms with Crippen LogP contribution >= 0.6 is 0 Å². The third kappa shape index (κ3) is 5.02. The van der Waals surface area contributed by atoms with Crippen LogP contribution in [0.25, 0.3) is 11.3 Å². The normalized spacial score (nSPS) is 19.3. The van der Waals surface area contributed by atoms with Crippen molar-refractivity contribution in [3.8, 4) is 17.0 Å². The second-order valence-electron chi connectivity index (χ2n) is 9.38. The van der Waals surface area contributed by atoms with Crippen molar-refractivity contribution in [1.29, 1.82) is 0 Å². The van der Waals surface area contributed by atoms with Gasteiger partial charge in [0.15, 0.2) is 0 Å². The van der Waals surface area contributed by atoms with Crippen LogP contribution in [-0.2, 0) is 20.5 Å². The molecule has 12 heteroatoms. The number of amides is 1. The van der Waals surface area contributed by atoms with Crippen molar-refractivity contribution in [2.24, 2.45) is 0 Å². The van der Waals surface area contributed by atoms with Crippen LogP contribution in [0, 0.1) is 5.82 Å². The highest BCUT2D eigenvalue weighted by Gasteiger charge is 2.58. The first kappa shape index (κ1) is 26.2. The van der Waals surface area contributed by atoms with Gasteiger partial charge in [0.25, 0.3) is 0 Å². The molecule has 0 radical (unpaired) electrons. The van der Waals surface area contributed by atoms with Crippen LogP contribution in [0.3, 0.4) is 0 Å². The second kappa shape index (κ2) is 8.67. The van der Waals surface area contributed by atoms with Crippen molar-refractivity contribution in [2.45, 2.75) is 50.5 Å². The van der Waals surface area contributed by atoms with Crippen LogP contribution in [0.5, 0.6) is 5.75 Å². The molecule has 0 saturated carbocycles. The maximum Gasteiger partial charge on any atom is 0.424 e. The molecule has 2 heterocycles. The number of aliphatic hydroxyl groups is 1. The number of carboxylic acid groups (broad SMARTS) is 1. The van der Waals surface area contributed by atoms with Crippen molar-refractivity contribution in [3.63, 3.8) is 0 Å². The number of alkyl halides is 3. The molecule has 0 spiro atoms. The monoisotopic (exact) mass is 500 g/mol. The molecule has 0 aliphatic carbocycles. The molecule has 0 saturated heterocycles. The van der Waals surface area contributed by atoms with Gasteiger partial charge in [0.05, 0.1) is 12.2 Å². The summed E-state index contributed by atoms with van der Waals surface area (Å²) < 4.78 is 66.5. The number of alkyl carbamates (subject to hydrolysis) is 1. The average molecular weight is 500 g/mol. The lowest BCUT2D eigenvalue weighted by atomic mass is 9.82. The number of aromatic nitrogens is 1. The summed E-state index contributed by atoms with van der Waals surface area (Å²) in [6, 6.07) is 5.34. The summed E-state index contributed by atoms with van der Waals surface area (Å²) in [5, 5.41) is 22.5. The van der Waals surface area contributed by atoms with E-state index in [1.54, 1.807) is 0 Å². The van der Waals surface area contributed by atoms with Crippen LogP contribution in [0.1, 0.15) is 39.0 Å². The fourth-order valence-corrected chi connectivity index (χ4v) is 3.43. The minimum atomic E-state index is -5.34.